The lowest BCUT2D eigenvalue weighted by molar-refractivity contribution is -0.153. The second-order valence-corrected chi connectivity index (χ2v) is 7.48. The van der Waals surface area contributed by atoms with Crippen molar-refractivity contribution in [2.24, 2.45) is 0 Å². The van der Waals surface area contributed by atoms with E-state index in [1.807, 2.05) is 24.3 Å². The fraction of sp³-hybridized carbons (Fsp3) is 0.250. The van der Waals surface area contributed by atoms with Crippen LogP contribution >= 0.6 is 11.6 Å². The molecule has 1 aromatic carbocycles. The summed E-state index contributed by atoms with van der Waals surface area (Å²) in [6.07, 6.45) is 2.84. The Bertz CT molecular complexity index is 1220. The summed E-state index contributed by atoms with van der Waals surface area (Å²) in [5.74, 6) is 0.572. The maximum absolute atomic E-state index is 12.6. The molecular weight excluding hydrogens is 405 g/mol. The highest BCUT2D eigenvalue weighted by Crippen LogP contribution is 2.56. The van der Waals surface area contributed by atoms with Crippen molar-refractivity contribution >= 4 is 28.0 Å². The molecule has 0 amide bonds. The zero-order chi connectivity index (χ0) is 20.2. The monoisotopic (exact) mass is 418 g/mol. The molecule has 29 heavy (non-hydrogen) atoms. The van der Waals surface area contributed by atoms with E-state index in [2.05, 4.69) is 15.1 Å². The number of fused-ring (bicyclic) bond motifs is 2. The maximum atomic E-state index is 12.6. The summed E-state index contributed by atoms with van der Waals surface area (Å²) in [7, 11) is 0. The molecule has 1 fully saturated rings. The number of hydrogen-bond donors (Lipinski definition) is 0. The number of rotatable bonds is 4. The standard InChI is InChI=1S/C20H14ClF3N4O/c21-18-7-16(19-26-3-4-28(19)27-18)15-6-13(15)11-1-2-12-8-25-9-17(14(12)5-11)29-10-20(22,23)24/h1-5,7-9,13,15H,6,10H2. The van der Waals surface area contributed by atoms with Gasteiger partial charge in [0.1, 0.15) is 10.9 Å². The highest BCUT2D eigenvalue weighted by Gasteiger charge is 2.41. The second kappa shape index (κ2) is 6.59. The van der Waals surface area contributed by atoms with Crippen molar-refractivity contribution in [3.05, 3.63) is 65.3 Å². The third-order valence-electron chi connectivity index (χ3n) is 5.12. The molecule has 3 aromatic heterocycles. The van der Waals surface area contributed by atoms with E-state index in [0.717, 1.165) is 28.6 Å². The van der Waals surface area contributed by atoms with Crippen LogP contribution in [0.2, 0.25) is 5.15 Å². The number of benzene rings is 1. The van der Waals surface area contributed by atoms with Crippen LogP contribution in [0.1, 0.15) is 29.4 Å². The van der Waals surface area contributed by atoms with Gasteiger partial charge in [-0.25, -0.2) is 9.50 Å². The fourth-order valence-corrected chi connectivity index (χ4v) is 3.95. The molecule has 3 heterocycles. The number of halogens is 4. The molecule has 0 radical (unpaired) electrons. The minimum atomic E-state index is -4.41. The molecule has 1 aliphatic carbocycles. The highest BCUT2D eigenvalue weighted by molar-refractivity contribution is 6.29. The topological polar surface area (TPSA) is 52.3 Å². The SMILES string of the molecule is FC(F)(F)COc1cncc2ccc(C3CC3c3cc(Cl)nn4ccnc34)cc12. The Kier molecular flexibility index (Phi) is 4.13. The average molecular weight is 419 g/mol. The molecule has 9 heteroatoms. The molecule has 0 aliphatic heterocycles. The van der Waals surface area contributed by atoms with Crippen molar-refractivity contribution < 1.29 is 17.9 Å². The predicted octanol–water partition coefficient (Wildman–Crippen LogP) is 5.14. The second-order valence-electron chi connectivity index (χ2n) is 7.09. The summed E-state index contributed by atoms with van der Waals surface area (Å²) >= 11 is 6.14. The first-order valence-corrected chi connectivity index (χ1v) is 9.34. The molecule has 1 aliphatic rings. The van der Waals surface area contributed by atoms with Crippen molar-refractivity contribution in [2.45, 2.75) is 24.4 Å². The zero-order valence-corrected chi connectivity index (χ0v) is 15.7. The molecule has 0 spiro atoms. The van der Waals surface area contributed by atoms with Gasteiger partial charge in [-0.05, 0) is 36.0 Å². The molecule has 0 N–H and O–H groups in total. The molecule has 2 atom stereocenters. The van der Waals surface area contributed by atoms with Gasteiger partial charge >= 0.3 is 6.18 Å². The van der Waals surface area contributed by atoms with Crippen LogP contribution in [0, 0.1) is 0 Å². The van der Waals surface area contributed by atoms with E-state index in [9.17, 15) is 13.2 Å². The lowest BCUT2D eigenvalue weighted by Crippen LogP contribution is -2.19. The highest BCUT2D eigenvalue weighted by atomic mass is 35.5. The van der Waals surface area contributed by atoms with Gasteiger partial charge in [0.2, 0.25) is 0 Å². The maximum Gasteiger partial charge on any atom is 0.422 e. The van der Waals surface area contributed by atoms with Gasteiger partial charge in [-0.15, -0.1) is 0 Å². The lowest BCUT2D eigenvalue weighted by atomic mass is 10.0. The number of pyridine rings is 1. The molecule has 5 nitrogen and oxygen atoms in total. The smallest absolute Gasteiger partial charge is 0.422 e. The molecule has 148 valence electrons. The summed E-state index contributed by atoms with van der Waals surface area (Å²) in [6.45, 7) is -1.35. The fourth-order valence-electron chi connectivity index (χ4n) is 3.75. The Morgan fingerprint density at radius 1 is 1.17 bits per heavy atom. The number of imidazole rings is 1. The van der Waals surface area contributed by atoms with Crippen LogP contribution in [0.15, 0.2) is 49.1 Å². The third-order valence-corrected chi connectivity index (χ3v) is 5.30. The first kappa shape index (κ1) is 18.2. The van der Waals surface area contributed by atoms with Crippen LogP contribution in [0.25, 0.3) is 16.4 Å². The molecular formula is C20H14ClF3N4O. The average Bonchev–Trinajstić information content (AvgIpc) is 3.34. The summed E-state index contributed by atoms with van der Waals surface area (Å²) < 4.78 is 44.3. The molecule has 1 saturated carbocycles. The van der Waals surface area contributed by atoms with E-state index in [0.29, 0.717) is 10.5 Å². The van der Waals surface area contributed by atoms with Gasteiger partial charge in [-0.1, -0.05) is 23.7 Å². The first-order valence-electron chi connectivity index (χ1n) is 8.96. The normalized spacial score (nSPS) is 19.0. The van der Waals surface area contributed by atoms with Gasteiger partial charge < -0.3 is 4.74 Å². The van der Waals surface area contributed by atoms with E-state index in [-0.39, 0.29) is 17.6 Å². The molecule has 0 saturated heterocycles. The van der Waals surface area contributed by atoms with E-state index in [4.69, 9.17) is 16.3 Å². The van der Waals surface area contributed by atoms with Crippen molar-refractivity contribution in [2.75, 3.05) is 6.61 Å². The largest absolute Gasteiger partial charge is 0.482 e. The number of nitrogens with zero attached hydrogens (tertiary/aromatic N) is 4. The molecule has 0 bridgehead atoms. The van der Waals surface area contributed by atoms with Gasteiger partial charge in [0, 0.05) is 34.9 Å². The summed E-state index contributed by atoms with van der Waals surface area (Å²) in [5.41, 5.74) is 2.81. The van der Waals surface area contributed by atoms with Crippen molar-refractivity contribution in [1.82, 2.24) is 19.6 Å². The van der Waals surface area contributed by atoms with E-state index in [1.165, 1.54) is 6.20 Å². The Morgan fingerprint density at radius 2 is 2.03 bits per heavy atom. The number of alkyl halides is 3. The van der Waals surface area contributed by atoms with E-state index < -0.39 is 12.8 Å². The quantitative estimate of drug-likeness (QED) is 0.460. The van der Waals surface area contributed by atoms with E-state index >= 15 is 0 Å². The van der Waals surface area contributed by atoms with Crippen LogP contribution in [0.3, 0.4) is 0 Å². The first-order chi connectivity index (χ1) is 13.9. The van der Waals surface area contributed by atoms with Crippen LogP contribution in [-0.2, 0) is 0 Å². The summed E-state index contributed by atoms with van der Waals surface area (Å²) in [5, 5.41) is 5.94. The number of hydrogen-bond acceptors (Lipinski definition) is 4. The Labute approximate surface area is 168 Å². The lowest BCUT2D eigenvalue weighted by Gasteiger charge is -2.12. The minimum absolute atomic E-state index is 0.126. The molecule has 4 aromatic rings. The number of aromatic nitrogens is 4. The minimum Gasteiger partial charge on any atom is -0.482 e. The Balaban J connectivity index is 1.48. The van der Waals surface area contributed by atoms with Gasteiger partial charge in [-0.2, -0.15) is 18.3 Å². The van der Waals surface area contributed by atoms with Crippen molar-refractivity contribution in [1.29, 1.82) is 0 Å². The Morgan fingerprint density at radius 3 is 2.86 bits per heavy atom. The third kappa shape index (κ3) is 3.48. The van der Waals surface area contributed by atoms with Crippen molar-refractivity contribution in [3.63, 3.8) is 0 Å². The van der Waals surface area contributed by atoms with Crippen LogP contribution in [-0.4, -0.2) is 32.4 Å². The summed E-state index contributed by atoms with van der Waals surface area (Å²) in [4.78, 5) is 8.35. The predicted molar refractivity (Wildman–Crippen MR) is 101 cm³/mol. The van der Waals surface area contributed by atoms with Crippen LogP contribution in [0.5, 0.6) is 5.75 Å². The number of ether oxygens (including phenoxy) is 1. The van der Waals surface area contributed by atoms with Gasteiger partial charge in [0.15, 0.2) is 12.3 Å². The zero-order valence-electron chi connectivity index (χ0n) is 14.9. The Hall–Kier alpha value is -2.87. The summed E-state index contributed by atoms with van der Waals surface area (Å²) in [6, 6.07) is 7.56. The molecule has 5 rings (SSSR count). The van der Waals surface area contributed by atoms with Crippen LogP contribution < -0.4 is 4.74 Å². The van der Waals surface area contributed by atoms with Gasteiger partial charge in [-0.3, -0.25) is 4.98 Å². The van der Waals surface area contributed by atoms with Gasteiger partial charge in [0.25, 0.3) is 0 Å². The van der Waals surface area contributed by atoms with E-state index in [1.54, 1.807) is 23.1 Å². The van der Waals surface area contributed by atoms with Crippen molar-refractivity contribution in [3.8, 4) is 5.75 Å². The van der Waals surface area contributed by atoms with Crippen LogP contribution in [0.4, 0.5) is 13.2 Å². The van der Waals surface area contributed by atoms with Gasteiger partial charge in [0.05, 0.1) is 6.20 Å². The molecule has 2 unspecified atom stereocenters.